The molecule has 43 heavy (non-hydrogen) atoms. The Morgan fingerprint density at radius 2 is 1.65 bits per heavy atom. The van der Waals surface area contributed by atoms with Crippen LogP contribution in [-0.4, -0.2) is 72.4 Å². The third-order valence-corrected chi connectivity index (χ3v) is 8.18. The van der Waals surface area contributed by atoms with Crippen molar-refractivity contribution in [3.63, 3.8) is 0 Å². The first-order valence-electron chi connectivity index (χ1n) is 14.5. The van der Waals surface area contributed by atoms with Gasteiger partial charge < -0.3 is 19.7 Å². The average Bonchev–Trinajstić information content (AvgIpc) is 3.63. The van der Waals surface area contributed by atoms with Crippen molar-refractivity contribution in [3.05, 3.63) is 65.9 Å². The Kier molecular flexibility index (Phi) is 8.40. The van der Waals surface area contributed by atoms with Crippen molar-refractivity contribution in [3.8, 4) is 39.8 Å². The van der Waals surface area contributed by atoms with Gasteiger partial charge in [0.2, 0.25) is 0 Å². The van der Waals surface area contributed by atoms with E-state index in [9.17, 15) is 4.79 Å². The van der Waals surface area contributed by atoms with Gasteiger partial charge in [-0.25, -0.2) is 9.97 Å². The molecule has 3 aromatic heterocycles. The van der Waals surface area contributed by atoms with Crippen LogP contribution in [0.5, 0.6) is 6.01 Å². The predicted molar refractivity (Wildman–Crippen MR) is 166 cm³/mol. The molecule has 0 saturated heterocycles. The van der Waals surface area contributed by atoms with E-state index >= 15 is 0 Å². The number of halogens is 1. The van der Waals surface area contributed by atoms with E-state index in [1.54, 1.807) is 6.33 Å². The smallest absolute Gasteiger partial charge is 0.303 e. The molecule has 5 aromatic rings. The zero-order valence-electron chi connectivity index (χ0n) is 24.2. The highest BCUT2D eigenvalue weighted by molar-refractivity contribution is 6.33. The summed E-state index contributed by atoms with van der Waals surface area (Å²) in [6.45, 7) is 1.70. The summed E-state index contributed by atoms with van der Waals surface area (Å²) in [6.07, 6.45) is 5.29. The van der Waals surface area contributed by atoms with Crippen LogP contribution in [0.25, 0.3) is 44.9 Å². The number of pyridine rings is 1. The fraction of sp³-hybridized carbons (Fsp3) is 0.344. The van der Waals surface area contributed by atoms with Gasteiger partial charge in [0.15, 0.2) is 11.5 Å². The molecular weight excluding hydrogens is 566 g/mol. The number of rotatable bonds is 10. The first kappa shape index (κ1) is 28.8. The number of H-pyrrole nitrogens is 1. The quantitative estimate of drug-likeness (QED) is 0.195. The molecule has 0 radical (unpaired) electrons. The number of aromatic nitrogens is 6. The predicted octanol–water partition coefficient (Wildman–Crippen LogP) is 6.18. The summed E-state index contributed by atoms with van der Waals surface area (Å²) in [5, 5.41) is 14.2. The lowest BCUT2D eigenvalue weighted by molar-refractivity contribution is -0.138. The van der Waals surface area contributed by atoms with Gasteiger partial charge in [-0.15, -0.1) is 0 Å². The molecule has 0 amide bonds. The number of aromatic amines is 1. The zero-order valence-corrected chi connectivity index (χ0v) is 25.0. The van der Waals surface area contributed by atoms with Crippen LogP contribution < -0.4 is 4.74 Å². The Labute approximate surface area is 254 Å². The SMILES string of the molecule is CN(C)CCn1cnc(-c2ccc(-c3ccc(-c4nc5nc(OC6CCC(CC(=O)O)CC6)[nH]c5cc4Cl)cc3)cc2)n1. The maximum absolute atomic E-state index is 11.0. The summed E-state index contributed by atoms with van der Waals surface area (Å²) in [5.74, 6) is 0.192. The van der Waals surface area contributed by atoms with Crippen molar-refractivity contribution in [2.45, 2.75) is 44.8 Å². The van der Waals surface area contributed by atoms with Crippen LogP contribution in [0.3, 0.4) is 0 Å². The normalized spacial score (nSPS) is 17.0. The number of imidazole rings is 1. The molecule has 3 heterocycles. The monoisotopic (exact) mass is 599 g/mol. The van der Waals surface area contributed by atoms with E-state index in [-0.39, 0.29) is 18.4 Å². The van der Waals surface area contributed by atoms with Gasteiger partial charge >= 0.3 is 5.97 Å². The topological polar surface area (TPSA) is 122 Å². The molecule has 10 nitrogen and oxygen atoms in total. The van der Waals surface area contributed by atoms with Crippen LogP contribution in [0.1, 0.15) is 32.1 Å². The van der Waals surface area contributed by atoms with Crippen LogP contribution in [0.2, 0.25) is 5.02 Å². The van der Waals surface area contributed by atoms with Crippen molar-refractivity contribution in [2.24, 2.45) is 5.92 Å². The number of carboxylic acids is 1. The van der Waals surface area contributed by atoms with Gasteiger partial charge in [0.25, 0.3) is 6.01 Å². The molecule has 2 aromatic carbocycles. The third kappa shape index (κ3) is 6.87. The van der Waals surface area contributed by atoms with E-state index in [4.69, 9.17) is 26.4 Å². The standard InChI is InChI=1S/C32H34ClN7O3/c1-39(2)15-16-40-19-34-30(38-40)24-11-7-22(8-12-24)21-5-9-23(10-6-21)29-26(33)18-27-31(36-29)37-32(35-27)43-25-13-3-20(4-14-25)17-28(41)42/h5-12,18-20,25H,3-4,13-17H2,1-2H3,(H,41,42)(H,35,36,37). The maximum Gasteiger partial charge on any atom is 0.303 e. The minimum atomic E-state index is -0.738. The molecule has 1 fully saturated rings. The van der Waals surface area contributed by atoms with E-state index in [2.05, 4.69) is 49.2 Å². The number of hydrogen-bond acceptors (Lipinski definition) is 7. The number of carboxylic acid groups (broad SMARTS) is 1. The number of aliphatic carboxylic acids is 1. The van der Waals surface area contributed by atoms with Crippen molar-refractivity contribution < 1.29 is 14.6 Å². The molecular formula is C32H34ClN7O3. The summed E-state index contributed by atoms with van der Waals surface area (Å²) < 4.78 is 7.96. The fourth-order valence-electron chi connectivity index (χ4n) is 5.48. The minimum absolute atomic E-state index is 0.00353. The summed E-state index contributed by atoms with van der Waals surface area (Å²) in [6, 6.07) is 18.6. The van der Waals surface area contributed by atoms with Gasteiger partial charge in [0.1, 0.15) is 12.4 Å². The number of likely N-dealkylation sites (N-methyl/N-ethyl adjacent to an activating group) is 1. The van der Waals surface area contributed by atoms with Gasteiger partial charge in [-0.2, -0.15) is 10.1 Å². The van der Waals surface area contributed by atoms with Crippen LogP contribution in [0.4, 0.5) is 0 Å². The summed E-state index contributed by atoms with van der Waals surface area (Å²) >= 11 is 6.65. The number of ether oxygens (including phenoxy) is 1. The molecule has 2 N–H and O–H groups in total. The summed E-state index contributed by atoms with van der Waals surface area (Å²) in [5.41, 5.74) is 5.92. The number of nitrogens with one attached hydrogen (secondary N) is 1. The summed E-state index contributed by atoms with van der Waals surface area (Å²) in [7, 11) is 4.08. The average molecular weight is 600 g/mol. The first-order chi connectivity index (χ1) is 20.8. The van der Waals surface area contributed by atoms with E-state index in [0.717, 1.165) is 61.0 Å². The molecule has 11 heteroatoms. The molecule has 1 aliphatic rings. The lowest BCUT2D eigenvalue weighted by Gasteiger charge is -2.27. The Bertz CT molecular complexity index is 1710. The Balaban J connectivity index is 1.12. The van der Waals surface area contributed by atoms with E-state index in [1.807, 2.05) is 49.1 Å². The van der Waals surface area contributed by atoms with E-state index in [1.165, 1.54) is 0 Å². The van der Waals surface area contributed by atoms with Crippen LogP contribution in [-0.2, 0) is 11.3 Å². The van der Waals surface area contributed by atoms with Crippen LogP contribution in [0, 0.1) is 5.92 Å². The molecule has 0 atom stereocenters. The highest BCUT2D eigenvalue weighted by Crippen LogP contribution is 2.33. The van der Waals surface area contributed by atoms with Crippen LogP contribution >= 0.6 is 11.6 Å². The Morgan fingerprint density at radius 3 is 2.30 bits per heavy atom. The number of nitrogens with zero attached hydrogens (tertiary/aromatic N) is 6. The minimum Gasteiger partial charge on any atom is -0.481 e. The van der Waals surface area contributed by atoms with Gasteiger partial charge in [0.05, 0.1) is 22.8 Å². The lowest BCUT2D eigenvalue weighted by Crippen LogP contribution is -2.25. The molecule has 222 valence electrons. The summed E-state index contributed by atoms with van der Waals surface area (Å²) in [4.78, 5) is 30.1. The molecule has 1 aliphatic carbocycles. The third-order valence-electron chi connectivity index (χ3n) is 7.89. The first-order valence-corrected chi connectivity index (χ1v) is 14.9. The van der Waals surface area contributed by atoms with Crippen molar-refractivity contribution in [1.82, 2.24) is 34.6 Å². The second kappa shape index (κ2) is 12.5. The second-order valence-corrected chi connectivity index (χ2v) is 11.8. The number of carbonyl (C=O) groups is 1. The molecule has 0 unspecified atom stereocenters. The van der Waals surface area contributed by atoms with Gasteiger partial charge in [-0.1, -0.05) is 60.1 Å². The zero-order chi connectivity index (χ0) is 29.9. The maximum atomic E-state index is 11.0. The molecule has 0 aliphatic heterocycles. The van der Waals surface area contributed by atoms with Gasteiger partial charge in [0, 0.05) is 24.1 Å². The fourth-order valence-corrected chi connectivity index (χ4v) is 5.74. The highest BCUT2D eigenvalue weighted by Gasteiger charge is 2.25. The number of benzene rings is 2. The Hall–Kier alpha value is -4.28. The van der Waals surface area contributed by atoms with Gasteiger partial charge in [-0.05, 0) is 62.9 Å². The molecule has 1 saturated carbocycles. The van der Waals surface area contributed by atoms with Crippen LogP contribution in [0.15, 0.2) is 60.9 Å². The van der Waals surface area contributed by atoms with Gasteiger partial charge in [-0.3, -0.25) is 9.48 Å². The largest absolute Gasteiger partial charge is 0.481 e. The molecule has 0 bridgehead atoms. The van der Waals surface area contributed by atoms with Crippen molar-refractivity contribution >= 4 is 28.7 Å². The Morgan fingerprint density at radius 1 is 1.00 bits per heavy atom. The lowest BCUT2D eigenvalue weighted by atomic mass is 9.85. The number of fused-ring (bicyclic) bond motifs is 1. The second-order valence-electron chi connectivity index (χ2n) is 11.4. The van der Waals surface area contributed by atoms with Crippen molar-refractivity contribution in [1.29, 1.82) is 0 Å². The molecule has 6 rings (SSSR count). The van der Waals surface area contributed by atoms with E-state index < -0.39 is 5.97 Å². The number of hydrogen-bond donors (Lipinski definition) is 2. The van der Waals surface area contributed by atoms with E-state index in [0.29, 0.717) is 33.7 Å². The molecule has 0 spiro atoms. The highest BCUT2D eigenvalue weighted by atomic mass is 35.5. The van der Waals surface area contributed by atoms with Crippen molar-refractivity contribution in [2.75, 3.05) is 20.6 Å².